The maximum absolute atomic E-state index is 12.9. The lowest BCUT2D eigenvalue weighted by molar-refractivity contribution is -0.137. The summed E-state index contributed by atoms with van der Waals surface area (Å²) in [6, 6.07) is 3.70. The van der Waals surface area contributed by atoms with Gasteiger partial charge in [0.1, 0.15) is 0 Å². The van der Waals surface area contributed by atoms with Gasteiger partial charge in [0.05, 0.1) is 5.56 Å². The van der Waals surface area contributed by atoms with Crippen molar-refractivity contribution in [2.45, 2.75) is 6.18 Å². The molecule has 110 valence electrons. The van der Waals surface area contributed by atoms with Crippen molar-refractivity contribution in [3.63, 3.8) is 0 Å². The summed E-state index contributed by atoms with van der Waals surface area (Å²) in [6.07, 6.45) is -4.46. The van der Waals surface area contributed by atoms with E-state index >= 15 is 0 Å². The molecule has 0 spiro atoms. The molecule has 1 rings (SSSR count). The van der Waals surface area contributed by atoms with Gasteiger partial charge >= 0.3 is 6.18 Å². The predicted molar refractivity (Wildman–Crippen MR) is 76.8 cm³/mol. The summed E-state index contributed by atoms with van der Waals surface area (Å²) in [5.41, 5.74) is 4.76. The molecule has 0 saturated carbocycles. The molecule has 0 amide bonds. The minimum atomic E-state index is -4.46. The van der Waals surface area contributed by atoms with Crippen molar-refractivity contribution < 1.29 is 13.2 Å². The highest BCUT2D eigenvalue weighted by molar-refractivity contribution is 6.18. The van der Waals surface area contributed by atoms with Crippen molar-refractivity contribution in [1.82, 2.24) is 0 Å². The number of rotatable bonds is 5. The number of hydrogen-bond donors (Lipinski definition) is 1. The second-order valence-corrected chi connectivity index (χ2v) is 4.40. The Morgan fingerprint density at radius 2 is 1.63 bits per heavy atom. The van der Waals surface area contributed by atoms with Gasteiger partial charge in [-0.1, -0.05) is 0 Å². The van der Waals surface area contributed by atoms with E-state index in [1.54, 1.807) is 0 Å². The fourth-order valence-electron chi connectivity index (χ4n) is 1.61. The molecule has 0 aromatic heterocycles. The van der Waals surface area contributed by atoms with Crippen LogP contribution < -0.4 is 10.6 Å². The van der Waals surface area contributed by atoms with Crippen molar-refractivity contribution in [3.05, 3.63) is 23.8 Å². The van der Waals surface area contributed by atoms with Crippen molar-refractivity contribution in [2.75, 3.05) is 35.5 Å². The molecular formula is C11H14Cl3F3N2. The summed E-state index contributed by atoms with van der Waals surface area (Å²) in [5.74, 6) is 0.442. The van der Waals surface area contributed by atoms with E-state index in [0.29, 0.717) is 13.1 Å². The molecule has 0 aliphatic rings. The maximum Gasteiger partial charge on any atom is 0.418 e. The van der Waals surface area contributed by atoms with E-state index in [1.165, 1.54) is 17.0 Å². The molecule has 0 radical (unpaired) electrons. The van der Waals surface area contributed by atoms with E-state index in [1.807, 2.05) is 0 Å². The summed E-state index contributed by atoms with van der Waals surface area (Å²) in [6.45, 7) is 0.586. The fraction of sp³-hybridized carbons (Fsp3) is 0.455. The first-order valence-electron chi connectivity index (χ1n) is 5.23. The normalized spacial score (nSPS) is 11.0. The van der Waals surface area contributed by atoms with Crippen molar-refractivity contribution in [2.24, 2.45) is 0 Å². The van der Waals surface area contributed by atoms with Crippen LogP contribution in [0.5, 0.6) is 0 Å². The van der Waals surface area contributed by atoms with Crippen LogP contribution in [-0.4, -0.2) is 24.8 Å². The molecule has 1 aromatic rings. The second kappa shape index (κ2) is 7.92. The molecule has 0 unspecified atom stereocenters. The van der Waals surface area contributed by atoms with Gasteiger partial charge in [-0.3, -0.25) is 0 Å². The number of anilines is 2. The minimum Gasteiger partial charge on any atom is -0.399 e. The molecule has 0 aliphatic carbocycles. The van der Waals surface area contributed by atoms with Crippen LogP contribution in [0.25, 0.3) is 0 Å². The molecule has 1 aromatic carbocycles. The van der Waals surface area contributed by atoms with E-state index in [9.17, 15) is 13.2 Å². The molecule has 19 heavy (non-hydrogen) atoms. The second-order valence-electron chi connectivity index (χ2n) is 3.64. The Hall–Kier alpha value is -0.520. The quantitative estimate of drug-likeness (QED) is 0.650. The molecule has 2 nitrogen and oxygen atoms in total. The lowest BCUT2D eigenvalue weighted by atomic mass is 10.1. The van der Waals surface area contributed by atoms with Crippen LogP contribution in [0, 0.1) is 0 Å². The van der Waals surface area contributed by atoms with Gasteiger partial charge in [-0.2, -0.15) is 13.2 Å². The molecular weight excluding hydrogens is 323 g/mol. The monoisotopic (exact) mass is 336 g/mol. The van der Waals surface area contributed by atoms with Gasteiger partial charge in [0.15, 0.2) is 0 Å². The van der Waals surface area contributed by atoms with E-state index in [-0.39, 0.29) is 35.5 Å². The van der Waals surface area contributed by atoms with Crippen LogP contribution in [0.3, 0.4) is 0 Å². The summed E-state index contributed by atoms with van der Waals surface area (Å²) in [7, 11) is 0. The molecule has 0 heterocycles. The number of nitrogen functional groups attached to an aromatic ring is 1. The Kier molecular flexibility index (Phi) is 7.71. The smallest absolute Gasteiger partial charge is 0.399 e. The predicted octanol–water partition coefficient (Wildman–Crippen LogP) is 3.99. The van der Waals surface area contributed by atoms with Gasteiger partial charge in [-0.05, 0) is 18.2 Å². The molecule has 0 aliphatic heterocycles. The van der Waals surface area contributed by atoms with Gasteiger partial charge in [0.25, 0.3) is 0 Å². The first-order valence-corrected chi connectivity index (χ1v) is 6.30. The average molecular weight is 338 g/mol. The SMILES string of the molecule is Cl.Nc1ccc(N(CCCl)CCCl)c(C(F)(F)F)c1. The number of halogens is 6. The highest BCUT2D eigenvalue weighted by Gasteiger charge is 2.35. The number of nitrogens with zero attached hydrogens (tertiary/aromatic N) is 1. The van der Waals surface area contributed by atoms with Crippen molar-refractivity contribution >= 4 is 47.0 Å². The van der Waals surface area contributed by atoms with E-state index in [0.717, 1.165) is 6.07 Å². The number of hydrogen-bond acceptors (Lipinski definition) is 2. The molecule has 2 N–H and O–H groups in total. The minimum absolute atomic E-state index is 0. The van der Waals surface area contributed by atoms with Gasteiger partial charge < -0.3 is 10.6 Å². The van der Waals surface area contributed by atoms with Gasteiger partial charge in [0, 0.05) is 36.2 Å². The Bertz CT molecular complexity index is 393. The van der Waals surface area contributed by atoms with Crippen LogP contribution in [0.1, 0.15) is 5.56 Å². The van der Waals surface area contributed by atoms with Crippen LogP contribution in [0.2, 0.25) is 0 Å². The molecule has 0 fully saturated rings. The third kappa shape index (κ3) is 5.16. The van der Waals surface area contributed by atoms with Crippen LogP contribution in [-0.2, 0) is 6.18 Å². The topological polar surface area (TPSA) is 29.3 Å². The number of benzene rings is 1. The van der Waals surface area contributed by atoms with E-state index in [4.69, 9.17) is 28.9 Å². The van der Waals surface area contributed by atoms with Crippen LogP contribution in [0.15, 0.2) is 18.2 Å². The maximum atomic E-state index is 12.9. The lowest BCUT2D eigenvalue weighted by Crippen LogP contribution is -2.29. The molecule has 0 atom stereocenters. The van der Waals surface area contributed by atoms with Crippen molar-refractivity contribution in [3.8, 4) is 0 Å². The summed E-state index contributed by atoms with van der Waals surface area (Å²) in [5, 5.41) is 0. The summed E-state index contributed by atoms with van der Waals surface area (Å²) < 4.78 is 38.8. The Morgan fingerprint density at radius 3 is 2.05 bits per heavy atom. The Labute approximate surface area is 126 Å². The largest absolute Gasteiger partial charge is 0.418 e. The summed E-state index contributed by atoms with van der Waals surface area (Å²) in [4.78, 5) is 1.50. The van der Waals surface area contributed by atoms with E-state index in [2.05, 4.69) is 0 Å². The summed E-state index contributed by atoms with van der Waals surface area (Å²) >= 11 is 11.2. The van der Waals surface area contributed by atoms with Gasteiger partial charge in [0.2, 0.25) is 0 Å². The zero-order chi connectivity index (χ0) is 13.8. The van der Waals surface area contributed by atoms with Crippen LogP contribution >= 0.6 is 35.6 Å². The van der Waals surface area contributed by atoms with E-state index < -0.39 is 11.7 Å². The zero-order valence-corrected chi connectivity index (χ0v) is 12.2. The van der Waals surface area contributed by atoms with Gasteiger partial charge in [-0.25, -0.2) is 0 Å². The number of alkyl halides is 5. The third-order valence-corrected chi connectivity index (χ3v) is 2.71. The first kappa shape index (κ1) is 18.5. The lowest BCUT2D eigenvalue weighted by Gasteiger charge is -2.26. The highest BCUT2D eigenvalue weighted by atomic mass is 35.5. The number of nitrogens with two attached hydrogens (primary N) is 1. The first-order chi connectivity index (χ1) is 8.40. The highest BCUT2D eigenvalue weighted by Crippen LogP contribution is 2.37. The van der Waals surface area contributed by atoms with Crippen molar-refractivity contribution in [1.29, 1.82) is 0 Å². The van der Waals surface area contributed by atoms with Crippen LogP contribution in [0.4, 0.5) is 24.5 Å². The standard InChI is InChI=1S/C11H13Cl2F3N2.ClH/c12-3-5-18(6-4-13)10-2-1-8(17)7-9(10)11(14,15)16;/h1-2,7H,3-6,17H2;1H. The Morgan fingerprint density at radius 1 is 1.11 bits per heavy atom. The Balaban J connectivity index is 0.00000324. The zero-order valence-electron chi connectivity index (χ0n) is 9.88. The molecule has 0 bridgehead atoms. The third-order valence-electron chi connectivity index (χ3n) is 2.38. The molecule has 0 saturated heterocycles. The fourth-order valence-corrected chi connectivity index (χ4v) is 2.02. The van der Waals surface area contributed by atoms with Gasteiger partial charge in [-0.15, -0.1) is 35.6 Å². The molecule has 8 heteroatoms. The average Bonchev–Trinajstić information content (AvgIpc) is 2.27.